The van der Waals surface area contributed by atoms with Crippen LogP contribution in [0, 0.1) is 0 Å². The van der Waals surface area contributed by atoms with Gasteiger partial charge in [0.15, 0.2) is 0 Å². The first-order chi connectivity index (χ1) is 5.96. The summed E-state index contributed by atoms with van der Waals surface area (Å²) in [6.45, 7) is 7.43. The fourth-order valence-electron chi connectivity index (χ4n) is 1.25. The Morgan fingerprint density at radius 3 is 2.62 bits per heavy atom. The molecule has 0 fully saturated rings. The van der Waals surface area contributed by atoms with Gasteiger partial charge in [-0.25, -0.2) is 0 Å². The van der Waals surface area contributed by atoms with Gasteiger partial charge in [-0.15, -0.1) is 0 Å². The molecule has 0 aliphatic carbocycles. The highest BCUT2D eigenvalue weighted by atomic mass is 32.1. The minimum absolute atomic E-state index is 0.0222. The zero-order chi connectivity index (χ0) is 10.1. The maximum Gasteiger partial charge on any atom is 0.307 e. The van der Waals surface area contributed by atoms with E-state index in [2.05, 4.69) is 20.8 Å². The van der Waals surface area contributed by atoms with E-state index in [9.17, 15) is 4.79 Å². The van der Waals surface area contributed by atoms with Gasteiger partial charge in [-0.05, 0) is 0 Å². The smallest absolute Gasteiger partial charge is 0.307 e. The summed E-state index contributed by atoms with van der Waals surface area (Å²) in [5, 5.41) is 1.93. The minimum Gasteiger partial charge on any atom is -0.329 e. The van der Waals surface area contributed by atoms with E-state index in [-0.39, 0.29) is 10.3 Å². The second kappa shape index (κ2) is 3.64. The van der Waals surface area contributed by atoms with Gasteiger partial charge in [-0.3, -0.25) is 4.79 Å². The Balaban J connectivity index is 3.15. The third-order valence-electron chi connectivity index (χ3n) is 1.90. The molecule has 1 rings (SSSR count). The highest BCUT2D eigenvalue weighted by Gasteiger charge is 2.19. The number of thiazole rings is 1. The van der Waals surface area contributed by atoms with Gasteiger partial charge in [0.05, 0.1) is 0 Å². The molecule has 0 aliphatic rings. The van der Waals surface area contributed by atoms with Crippen molar-refractivity contribution in [1.29, 1.82) is 0 Å². The summed E-state index contributed by atoms with van der Waals surface area (Å²) < 4.78 is 1.77. The Kier molecular flexibility index (Phi) is 2.93. The fourth-order valence-corrected chi connectivity index (χ4v) is 2.26. The highest BCUT2D eigenvalue weighted by Crippen LogP contribution is 2.22. The summed E-state index contributed by atoms with van der Waals surface area (Å²) in [6.07, 6.45) is 0. The molecule has 13 heavy (non-hydrogen) atoms. The van der Waals surface area contributed by atoms with Crippen molar-refractivity contribution >= 4 is 11.3 Å². The van der Waals surface area contributed by atoms with E-state index in [4.69, 9.17) is 5.73 Å². The Morgan fingerprint density at radius 2 is 2.15 bits per heavy atom. The Labute approximate surface area is 82.2 Å². The van der Waals surface area contributed by atoms with E-state index in [1.807, 2.05) is 5.38 Å². The quantitative estimate of drug-likeness (QED) is 0.779. The topological polar surface area (TPSA) is 48.0 Å². The molecule has 74 valence electrons. The van der Waals surface area contributed by atoms with E-state index in [1.54, 1.807) is 4.57 Å². The number of nitrogens with two attached hydrogens (primary N) is 1. The van der Waals surface area contributed by atoms with Crippen LogP contribution in [0.15, 0.2) is 10.2 Å². The van der Waals surface area contributed by atoms with E-state index < -0.39 is 0 Å². The van der Waals surface area contributed by atoms with Crippen LogP contribution >= 0.6 is 11.3 Å². The number of hydrogen-bond donors (Lipinski definition) is 1. The SMILES string of the molecule is CC(C)(C)c1csc(=O)n1CCN. The Bertz CT molecular complexity index is 332. The van der Waals surface area contributed by atoms with Crippen LogP contribution in [-0.2, 0) is 12.0 Å². The summed E-state index contributed by atoms with van der Waals surface area (Å²) in [5.74, 6) is 0. The molecular weight excluding hydrogens is 184 g/mol. The molecule has 4 heteroatoms. The molecular formula is C9H16N2OS. The van der Waals surface area contributed by atoms with E-state index in [0.717, 1.165) is 5.69 Å². The molecule has 0 radical (unpaired) electrons. The standard InChI is InChI=1S/C9H16N2OS/c1-9(2,3)7-6-13-8(12)11(7)5-4-10/h6H,4-5,10H2,1-3H3. The van der Waals surface area contributed by atoms with Crippen molar-refractivity contribution in [2.24, 2.45) is 5.73 Å². The van der Waals surface area contributed by atoms with Gasteiger partial charge in [0.2, 0.25) is 0 Å². The second-order valence-corrected chi connectivity index (χ2v) is 4.90. The number of hydrogen-bond acceptors (Lipinski definition) is 3. The van der Waals surface area contributed by atoms with E-state index >= 15 is 0 Å². The van der Waals surface area contributed by atoms with Gasteiger partial charge >= 0.3 is 4.87 Å². The van der Waals surface area contributed by atoms with Gasteiger partial charge < -0.3 is 10.3 Å². The molecule has 3 nitrogen and oxygen atoms in total. The molecule has 1 aromatic heterocycles. The van der Waals surface area contributed by atoms with E-state index in [0.29, 0.717) is 13.1 Å². The predicted octanol–water partition coefficient (Wildman–Crippen LogP) is 1.17. The molecule has 0 amide bonds. The first-order valence-corrected chi connectivity index (χ1v) is 5.23. The molecule has 0 spiro atoms. The van der Waals surface area contributed by atoms with Crippen molar-refractivity contribution < 1.29 is 0 Å². The van der Waals surface area contributed by atoms with Crippen LogP contribution in [0.3, 0.4) is 0 Å². The molecule has 1 aromatic rings. The first-order valence-electron chi connectivity index (χ1n) is 4.35. The largest absolute Gasteiger partial charge is 0.329 e. The Hall–Kier alpha value is -0.610. The maximum atomic E-state index is 11.4. The third-order valence-corrected chi connectivity index (χ3v) is 2.67. The number of aromatic nitrogens is 1. The molecule has 0 saturated carbocycles. The summed E-state index contributed by atoms with van der Waals surface area (Å²) in [7, 11) is 0. The first kappa shape index (κ1) is 10.5. The summed E-state index contributed by atoms with van der Waals surface area (Å²) >= 11 is 1.25. The van der Waals surface area contributed by atoms with Crippen molar-refractivity contribution in [3.05, 3.63) is 20.7 Å². The highest BCUT2D eigenvalue weighted by molar-refractivity contribution is 7.07. The number of nitrogens with zero attached hydrogens (tertiary/aromatic N) is 1. The molecule has 2 N–H and O–H groups in total. The monoisotopic (exact) mass is 200 g/mol. The zero-order valence-electron chi connectivity index (χ0n) is 8.33. The van der Waals surface area contributed by atoms with Gasteiger partial charge in [0.25, 0.3) is 0 Å². The molecule has 1 heterocycles. The van der Waals surface area contributed by atoms with Crippen molar-refractivity contribution in [3.8, 4) is 0 Å². The molecule has 0 aliphatic heterocycles. The van der Waals surface area contributed by atoms with Gasteiger partial charge in [-0.2, -0.15) is 0 Å². The average Bonchev–Trinajstić information content (AvgIpc) is 2.32. The summed E-state index contributed by atoms with van der Waals surface area (Å²) in [5.41, 5.74) is 6.54. The normalized spacial score (nSPS) is 12.0. The summed E-state index contributed by atoms with van der Waals surface area (Å²) in [4.78, 5) is 11.5. The minimum atomic E-state index is 0.0222. The number of rotatable bonds is 2. The molecule has 0 aromatic carbocycles. The lowest BCUT2D eigenvalue weighted by Gasteiger charge is -2.19. The van der Waals surface area contributed by atoms with Crippen LogP contribution in [0.2, 0.25) is 0 Å². The van der Waals surface area contributed by atoms with E-state index in [1.165, 1.54) is 11.3 Å². The lowest BCUT2D eigenvalue weighted by molar-refractivity contribution is 0.513. The fraction of sp³-hybridized carbons (Fsp3) is 0.667. The van der Waals surface area contributed by atoms with Crippen LogP contribution in [-0.4, -0.2) is 11.1 Å². The van der Waals surface area contributed by atoms with Crippen LogP contribution in [0.25, 0.3) is 0 Å². The van der Waals surface area contributed by atoms with Gasteiger partial charge in [0, 0.05) is 29.6 Å². The predicted molar refractivity (Wildman–Crippen MR) is 56.3 cm³/mol. The van der Waals surface area contributed by atoms with Gasteiger partial charge in [-0.1, -0.05) is 32.1 Å². The Morgan fingerprint density at radius 1 is 1.54 bits per heavy atom. The maximum absolute atomic E-state index is 11.4. The molecule has 0 bridgehead atoms. The lowest BCUT2D eigenvalue weighted by Crippen LogP contribution is -2.26. The third kappa shape index (κ3) is 2.19. The van der Waals surface area contributed by atoms with Crippen LogP contribution in [0.4, 0.5) is 0 Å². The zero-order valence-corrected chi connectivity index (χ0v) is 9.15. The molecule has 0 saturated heterocycles. The summed E-state index contributed by atoms with van der Waals surface area (Å²) in [6, 6.07) is 0. The van der Waals surface area contributed by atoms with Crippen LogP contribution in [0.1, 0.15) is 26.5 Å². The lowest BCUT2D eigenvalue weighted by atomic mass is 9.93. The molecule has 0 unspecified atom stereocenters. The van der Waals surface area contributed by atoms with Gasteiger partial charge in [0.1, 0.15) is 0 Å². The van der Waals surface area contributed by atoms with Crippen molar-refractivity contribution in [2.45, 2.75) is 32.7 Å². The van der Waals surface area contributed by atoms with Crippen molar-refractivity contribution in [1.82, 2.24) is 4.57 Å². The van der Waals surface area contributed by atoms with Crippen molar-refractivity contribution in [2.75, 3.05) is 6.54 Å². The molecule has 0 atom stereocenters. The second-order valence-electron chi connectivity index (χ2n) is 4.08. The van der Waals surface area contributed by atoms with Crippen molar-refractivity contribution in [3.63, 3.8) is 0 Å². The average molecular weight is 200 g/mol. The van der Waals surface area contributed by atoms with Crippen LogP contribution in [0.5, 0.6) is 0 Å². The van der Waals surface area contributed by atoms with Crippen LogP contribution < -0.4 is 10.6 Å².